The molecule has 0 aliphatic heterocycles. The minimum Gasteiger partial charge on any atom is -0.489 e. The number of nitrogens with one attached hydrogen (secondary N) is 1. The molecule has 0 aliphatic carbocycles. The van der Waals surface area contributed by atoms with Crippen LogP contribution >= 0.6 is 39.1 Å². The second kappa shape index (κ2) is 10.1. The van der Waals surface area contributed by atoms with Crippen LogP contribution in [0.5, 0.6) is 5.75 Å². The Morgan fingerprint density at radius 2 is 1.93 bits per heavy atom. The molecule has 30 heavy (non-hydrogen) atoms. The van der Waals surface area contributed by atoms with Crippen LogP contribution in [-0.2, 0) is 17.9 Å². The number of hydrazone groups is 1. The smallest absolute Gasteiger partial charge is 0.261 e. The summed E-state index contributed by atoms with van der Waals surface area (Å²) in [5, 5.41) is 9.42. The van der Waals surface area contributed by atoms with Gasteiger partial charge in [-0.3, -0.25) is 9.48 Å². The Bertz CT molecular complexity index is 1080. The van der Waals surface area contributed by atoms with E-state index in [2.05, 4.69) is 31.6 Å². The van der Waals surface area contributed by atoms with E-state index in [1.54, 1.807) is 35.2 Å². The van der Waals surface area contributed by atoms with Crippen LogP contribution in [0, 0.1) is 13.8 Å². The van der Waals surface area contributed by atoms with Gasteiger partial charge in [0.05, 0.1) is 22.1 Å². The number of rotatable bonds is 7. The lowest BCUT2D eigenvalue weighted by atomic mass is 10.2. The van der Waals surface area contributed by atoms with Crippen LogP contribution in [0.4, 0.5) is 0 Å². The number of ether oxygens (including phenoxy) is 1. The van der Waals surface area contributed by atoms with E-state index in [1.165, 1.54) is 0 Å². The van der Waals surface area contributed by atoms with Crippen molar-refractivity contribution in [3.8, 4) is 5.75 Å². The fraction of sp³-hybridized carbons (Fsp3) is 0.190. The van der Waals surface area contributed by atoms with E-state index < -0.39 is 0 Å². The largest absolute Gasteiger partial charge is 0.489 e. The van der Waals surface area contributed by atoms with Crippen LogP contribution in [0.1, 0.15) is 22.5 Å². The van der Waals surface area contributed by atoms with E-state index in [1.807, 2.05) is 32.0 Å². The van der Waals surface area contributed by atoms with Crippen molar-refractivity contribution in [3.05, 3.63) is 79.5 Å². The van der Waals surface area contributed by atoms with Crippen molar-refractivity contribution in [2.45, 2.75) is 27.0 Å². The minimum absolute atomic E-state index is 0.0807. The van der Waals surface area contributed by atoms with Crippen molar-refractivity contribution in [2.75, 3.05) is 0 Å². The van der Waals surface area contributed by atoms with Gasteiger partial charge in [-0.2, -0.15) is 10.2 Å². The Morgan fingerprint density at radius 1 is 1.23 bits per heavy atom. The molecule has 0 atom stereocenters. The average molecular weight is 510 g/mol. The number of aryl methyl sites for hydroxylation is 1. The topological polar surface area (TPSA) is 68.5 Å². The highest BCUT2D eigenvalue weighted by Crippen LogP contribution is 2.26. The molecular weight excluding hydrogens is 491 g/mol. The van der Waals surface area contributed by atoms with E-state index in [0.717, 1.165) is 27.0 Å². The Kier molecular flexibility index (Phi) is 7.53. The predicted octanol–water partition coefficient (Wildman–Crippen LogP) is 5.30. The lowest BCUT2D eigenvalue weighted by molar-refractivity contribution is -0.121. The third kappa shape index (κ3) is 5.62. The predicted molar refractivity (Wildman–Crippen MR) is 122 cm³/mol. The number of benzene rings is 2. The van der Waals surface area contributed by atoms with Gasteiger partial charge in [-0.15, -0.1) is 0 Å². The van der Waals surface area contributed by atoms with Crippen molar-refractivity contribution in [1.82, 2.24) is 15.2 Å². The van der Waals surface area contributed by atoms with Crippen molar-refractivity contribution < 1.29 is 9.53 Å². The first-order chi connectivity index (χ1) is 14.3. The normalized spacial score (nSPS) is 11.1. The van der Waals surface area contributed by atoms with Crippen LogP contribution < -0.4 is 10.2 Å². The fourth-order valence-electron chi connectivity index (χ4n) is 2.69. The average Bonchev–Trinajstić information content (AvgIpc) is 2.94. The van der Waals surface area contributed by atoms with Gasteiger partial charge in [-0.05, 0) is 59.6 Å². The molecule has 0 fully saturated rings. The van der Waals surface area contributed by atoms with Crippen molar-refractivity contribution in [2.24, 2.45) is 5.10 Å². The van der Waals surface area contributed by atoms with Crippen LogP contribution in [0.2, 0.25) is 10.0 Å². The molecule has 0 saturated heterocycles. The zero-order chi connectivity index (χ0) is 21.7. The van der Waals surface area contributed by atoms with Gasteiger partial charge in [-0.25, -0.2) is 5.43 Å². The Morgan fingerprint density at radius 3 is 2.60 bits per heavy atom. The molecule has 0 spiro atoms. The van der Waals surface area contributed by atoms with E-state index in [9.17, 15) is 4.79 Å². The Balaban J connectivity index is 1.57. The van der Waals surface area contributed by atoms with Gasteiger partial charge in [0.1, 0.15) is 18.9 Å². The summed E-state index contributed by atoms with van der Waals surface area (Å²) in [6, 6.07) is 12.6. The highest BCUT2D eigenvalue weighted by molar-refractivity contribution is 9.10. The van der Waals surface area contributed by atoms with Crippen molar-refractivity contribution >= 4 is 51.3 Å². The van der Waals surface area contributed by atoms with Crippen LogP contribution in [0.3, 0.4) is 0 Å². The van der Waals surface area contributed by atoms with Gasteiger partial charge >= 0.3 is 0 Å². The highest BCUT2D eigenvalue weighted by Gasteiger charge is 2.11. The number of nitrogens with zero attached hydrogens (tertiary/aromatic N) is 3. The molecular formula is C21H19BrCl2N4O2. The molecule has 1 N–H and O–H groups in total. The van der Waals surface area contributed by atoms with Gasteiger partial charge in [0.2, 0.25) is 0 Å². The van der Waals surface area contributed by atoms with E-state index >= 15 is 0 Å². The molecule has 9 heteroatoms. The second-order valence-electron chi connectivity index (χ2n) is 6.50. The third-order valence-corrected chi connectivity index (χ3v) is 6.15. The SMILES string of the molecule is Cc1nn(CC(=O)N/N=C/c2cccc(OCc3c(Cl)cccc3Cl)c2)c(C)c1Br. The molecule has 156 valence electrons. The number of amides is 1. The van der Waals surface area contributed by atoms with Gasteiger partial charge in [0.25, 0.3) is 5.91 Å². The summed E-state index contributed by atoms with van der Waals surface area (Å²) >= 11 is 15.8. The molecule has 0 aliphatic rings. The molecule has 0 bridgehead atoms. The maximum absolute atomic E-state index is 12.1. The van der Waals surface area contributed by atoms with E-state index in [-0.39, 0.29) is 19.1 Å². The molecule has 0 unspecified atom stereocenters. The monoisotopic (exact) mass is 508 g/mol. The number of carbonyl (C=O) groups excluding carboxylic acids is 1. The summed E-state index contributed by atoms with van der Waals surface area (Å²) in [6.07, 6.45) is 1.55. The van der Waals surface area contributed by atoms with Gasteiger partial charge in [0, 0.05) is 15.6 Å². The first-order valence-electron chi connectivity index (χ1n) is 9.02. The van der Waals surface area contributed by atoms with Crippen molar-refractivity contribution in [3.63, 3.8) is 0 Å². The quantitative estimate of drug-likeness (QED) is 0.347. The van der Waals surface area contributed by atoms with E-state index in [4.69, 9.17) is 27.9 Å². The van der Waals surface area contributed by atoms with Crippen LogP contribution in [0.25, 0.3) is 0 Å². The first-order valence-corrected chi connectivity index (χ1v) is 10.6. The number of hydrogen-bond acceptors (Lipinski definition) is 4. The zero-order valence-electron chi connectivity index (χ0n) is 16.3. The molecule has 1 heterocycles. The summed E-state index contributed by atoms with van der Waals surface area (Å²) in [4.78, 5) is 12.1. The summed E-state index contributed by atoms with van der Waals surface area (Å²) < 4.78 is 8.31. The molecule has 3 aromatic rings. The lowest BCUT2D eigenvalue weighted by Crippen LogP contribution is -2.24. The highest BCUT2D eigenvalue weighted by atomic mass is 79.9. The lowest BCUT2D eigenvalue weighted by Gasteiger charge is -2.09. The minimum atomic E-state index is -0.273. The Labute approximate surface area is 193 Å². The number of carbonyl (C=O) groups is 1. The summed E-state index contributed by atoms with van der Waals surface area (Å²) in [5.74, 6) is 0.360. The third-order valence-electron chi connectivity index (χ3n) is 4.29. The van der Waals surface area contributed by atoms with Gasteiger partial charge in [0.15, 0.2) is 0 Å². The van der Waals surface area contributed by atoms with E-state index in [0.29, 0.717) is 15.8 Å². The molecule has 2 aromatic carbocycles. The van der Waals surface area contributed by atoms with Gasteiger partial charge in [-0.1, -0.05) is 41.4 Å². The molecule has 1 amide bonds. The summed E-state index contributed by atoms with van der Waals surface area (Å²) in [7, 11) is 0. The standard InChI is InChI=1S/C21H19BrCl2N4O2/c1-13-21(22)14(2)28(27-13)11-20(29)26-25-10-15-5-3-6-16(9-15)30-12-17-18(23)7-4-8-19(17)24/h3-10H,11-12H2,1-2H3,(H,26,29)/b25-10+. The van der Waals surface area contributed by atoms with Crippen molar-refractivity contribution in [1.29, 1.82) is 0 Å². The zero-order valence-corrected chi connectivity index (χ0v) is 19.4. The molecule has 0 radical (unpaired) electrons. The second-order valence-corrected chi connectivity index (χ2v) is 8.10. The Hall–Kier alpha value is -2.35. The first kappa shape index (κ1) is 22.3. The summed E-state index contributed by atoms with van der Waals surface area (Å²) in [5.41, 5.74) is 5.72. The van der Waals surface area contributed by atoms with Gasteiger partial charge < -0.3 is 4.74 Å². The number of aromatic nitrogens is 2. The van der Waals surface area contributed by atoms with Crippen LogP contribution in [-0.4, -0.2) is 21.9 Å². The van der Waals surface area contributed by atoms with Crippen LogP contribution in [0.15, 0.2) is 52.0 Å². The summed E-state index contributed by atoms with van der Waals surface area (Å²) in [6.45, 7) is 4.09. The molecule has 1 aromatic heterocycles. The maximum atomic E-state index is 12.1. The number of halogens is 3. The maximum Gasteiger partial charge on any atom is 0.261 e. The molecule has 0 saturated carbocycles. The molecule has 3 rings (SSSR count). The molecule has 6 nitrogen and oxygen atoms in total. The number of hydrogen-bond donors (Lipinski definition) is 1. The fourth-order valence-corrected chi connectivity index (χ4v) is 3.48.